The third-order valence-electron chi connectivity index (χ3n) is 4.72. The highest BCUT2D eigenvalue weighted by molar-refractivity contribution is 7.89. The fraction of sp³-hybridized carbons (Fsp3) is 0.444. The Morgan fingerprint density at radius 3 is 2.65 bits per heavy atom. The molecule has 1 aliphatic heterocycles. The Bertz CT molecular complexity index is 934. The van der Waals surface area contributed by atoms with Crippen LogP contribution < -0.4 is 9.62 Å². The summed E-state index contributed by atoms with van der Waals surface area (Å²) < 4.78 is 29.5. The molecular formula is C18H24N4O3S. The smallest absolute Gasteiger partial charge is 0.244 e. The second kappa shape index (κ2) is 7.20. The summed E-state index contributed by atoms with van der Waals surface area (Å²) in [6, 6.07) is 7.45. The lowest BCUT2D eigenvalue weighted by Crippen LogP contribution is -2.35. The van der Waals surface area contributed by atoms with Crippen LogP contribution in [0.2, 0.25) is 0 Å². The van der Waals surface area contributed by atoms with E-state index in [9.17, 15) is 13.2 Å². The van der Waals surface area contributed by atoms with E-state index in [0.717, 1.165) is 24.1 Å². The van der Waals surface area contributed by atoms with E-state index in [0.29, 0.717) is 24.4 Å². The van der Waals surface area contributed by atoms with Gasteiger partial charge in [0.2, 0.25) is 15.9 Å². The minimum atomic E-state index is -3.66. The quantitative estimate of drug-likeness (QED) is 0.865. The number of carbonyl (C=O) groups is 1. The second-order valence-corrected chi connectivity index (χ2v) is 8.32. The number of aromatic nitrogens is 2. The monoisotopic (exact) mass is 376 g/mol. The van der Waals surface area contributed by atoms with Gasteiger partial charge in [-0.05, 0) is 44.4 Å². The van der Waals surface area contributed by atoms with Gasteiger partial charge in [-0.1, -0.05) is 12.1 Å². The molecule has 1 fully saturated rings. The van der Waals surface area contributed by atoms with Gasteiger partial charge >= 0.3 is 0 Å². The van der Waals surface area contributed by atoms with Crippen molar-refractivity contribution in [3.63, 3.8) is 0 Å². The summed E-state index contributed by atoms with van der Waals surface area (Å²) in [4.78, 5) is 14.1. The molecule has 1 aromatic heterocycles. The Morgan fingerprint density at radius 1 is 1.23 bits per heavy atom. The van der Waals surface area contributed by atoms with Gasteiger partial charge < -0.3 is 4.90 Å². The number of anilines is 1. The lowest BCUT2D eigenvalue weighted by atomic mass is 10.1. The van der Waals surface area contributed by atoms with Crippen LogP contribution in [0.3, 0.4) is 0 Å². The molecule has 0 atom stereocenters. The molecule has 1 saturated heterocycles. The molecule has 3 rings (SSSR count). The Labute approximate surface area is 154 Å². The first kappa shape index (κ1) is 18.6. The van der Waals surface area contributed by atoms with E-state index in [1.54, 1.807) is 30.5 Å². The number of sulfonamides is 1. The fourth-order valence-corrected chi connectivity index (χ4v) is 4.76. The predicted octanol–water partition coefficient (Wildman–Crippen LogP) is 2.03. The maximum Gasteiger partial charge on any atom is 0.244 e. The lowest BCUT2D eigenvalue weighted by Gasteiger charge is -2.27. The van der Waals surface area contributed by atoms with Gasteiger partial charge in [0.25, 0.3) is 0 Å². The molecule has 7 nitrogen and oxygen atoms in total. The van der Waals surface area contributed by atoms with Crippen LogP contribution in [-0.4, -0.2) is 30.7 Å². The maximum absolute atomic E-state index is 12.7. The lowest BCUT2D eigenvalue weighted by molar-refractivity contribution is -0.119. The summed E-state index contributed by atoms with van der Waals surface area (Å²) in [6.45, 7) is 4.29. The maximum atomic E-state index is 12.7. The van der Waals surface area contributed by atoms with Gasteiger partial charge in [-0.3, -0.25) is 9.48 Å². The molecule has 0 aliphatic carbocycles. The van der Waals surface area contributed by atoms with Gasteiger partial charge in [-0.15, -0.1) is 0 Å². The number of nitrogens with one attached hydrogen (secondary N) is 1. The summed E-state index contributed by atoms with van der Waals surface area (Å²) >= 11 is 0. The molecule has 0 radical (unpaired) electrons. The molecular weight excluding hydrogens is 352 g/mol. The largest absolute Gasteiger partial charge is 0.312 e. The summed E-state index contributed by atoms with van der Waals surface area (Å²) in [7, 11) is -1.94. The summed E-state index contributed by atoms with van der Waals surface area (Å²) in [5.74, 6) is 0.121. The normalized spacial score (nSPS) is 15.5. The van der Waals surface area contributed by atoms with Gasteiger partial charge in [0.15, 0.2) is 0 Å². The molecule has 1 amide bonds. The van der Waals surface area contributed by atoms with E-state index >= 15 is 0 Å². The standard InChI is InChI=1S/C18H24N4O3S/c1-13-18(14(2)21(3)20-13)26(24,25)19-12-15-7-6-8-16(11-15)22-10-5-4-9-17(22)23/h6-8,11,19H,4-5,9-10,12H2,1-3H3. The van der Waals surface area contributed by atoms with Crippen LogP contribution in [-0.2, 0) is 28.4 Å². The van der Waals surface area contributed by atoms with E-state index < -0.39 is 10.0 Å². The Morgan fingerprint density at radius 2 is 2.00 bits per heavy atom. The van der Waals surface area contributed by atoms with Crippen LogP contribution in [0.5, 0.6) is 0 Å². The number of aryl methyl sites for hydroxylation is 2. The highest BCUT2D eigenvalue weighted by Crippen LogP contribution is 2.23. The molecule has 0 unspecified atom stereocenters. The third-order valence-corrected chi connectivity index (χ3v) is 6.38. The average Bonchev–Trinajstić information content (AvgIpc) is 2.86. The topological polar surface area (TPSA) is 84.3 Å². The van der Waals surface area contributed by atoms with E-state index in [1.165, 1.54) is 0 Å². The zero-order chi connectivity index (χ0) is 18.9. The molecule has 1 aliphatic rings. The number of hydrogen-bond acceptors (Lipinski definition) is 4. The van der Waals surface area contributed by atoms with Crippen molar-refractivity contribution < 1.29 is 13.2 Å². The first-order valence-corrected chi connectivity index (χ1v) is 10.2. The van der Waals surface area contributed by atoms with Gasteiger partial charge in [0, 0.05) is 32.2 Å². The Hall–Kier alpha value is -2.19. The molecule has 2 aromatic rings. The van der Waals surface area contributed by atoms with E-state index in [4.69, 9.17) is 0 Å². The minimum Gasteiger partial charge on any atom is -0.312 e. The van der Waals surface area contributed by atoms with Crippen LogP contribution in [0, 0.1) is 13.8 Å². The molecule has 0 saturated carbocycles. The summed E-state index contributed by atoms with van der Waals surface area (Å²) in [6.07, 6.45) is 2.48. The van der Waals surface area contributed by atoms with Crippen molar-refractivity contribution in [2.24, 2.45) is 7.05 Å². The number of carbonyl (C=O) groups excluding carboxylic acids is 1. The number of piperidine rings is 1. The van der Waals surface area contributed by atoms with E-state index in [-0.39, 0.29) is 17.3 Å². The molecule has 1 N–H and O–H groups in total. The van der Waals surface area contributed by atoms with Crippen LogP contribution in [0.1, 0.15) is 36.2 Å². The summed E-state index contributed by atoms with van der Waals surface area (Å²) in [5, 5.41) is 4.17. The molecule has 1 aromatic carbocycles. The first-order valence-electron chi connectivity index (χ1n) is 8.69. The van der Waals surface area contributed by atoms with Crippen molar-refractivity contribution in [1.82, 2.24) is 14.5 Å². The van der Waals surface area contributed by atoms with Crippen molar-refractivity contribution in [1.29, 1.82) is 0 Å². The van der Waals surface area contributed by atoms with Crippen molar-refractivity contribution in [2.75, 3.05) is 11.4 Å². The highest BCUT2D eigenvalue weighted by atomic mass is 32.2. The second-order valence-electron chi connectivity index (χ2n) is 6.62. The van der Waals surface area contributed by atoms with Crippen LogP contribution in [0.25, 0.3) is 0 Å². The van der Waals surface area contributed by atoms with Crippen LogP contribution >= 0.6 is 0 Å². The molecule has 8 heteroatoms. The van der Waals surface area contributed by atoms with Crippen LogP contribution in [0.15, 0.2) is 29.2 Å². The van der Waals surface area contributed by atoms with Gasteiger partial charge in [0.05, 0.1) is 11.4 Å². The summed E-state index contributed by atoms with van der Waals surface area (Å²) in [5.41, 5.74) is 2.71. The number of amides is 1. The molecule has 0 bridgehead atoms. The highest BCUT2D eigenvalue weighted by Gasteiger charge is 2.24. The third kappa shape index (κ3) is 3.66. The fourth-order valence-electron chi connectivity index (χ4n) is 3.31. The predicted molar refractivity (Wildman–Crippen MR) is 99.4 cm³/mol. The number of nitrogens with zero attached hydrogens (tertiary/aromatic N) is 3. The zero-order valence-corrected chi connectivity index (χ0v) is 16.1. The number of rotatable bonds is 5. The van der Waals surface area contributed by atoms with E-state index in [1.807, 2.05) is 24.3 Å². The van der Waals surface area contributed by atoms with Crippen molar-refractivity contribution in [3.05, 3.63) is 41.2 Å². The first-order chi connectivity index (χ1) is 12.3. The van der Waals surface area contributed by atoms with Crippen molar-refractivity contribution in [3.8, 4) is 0 Å². The van der Waals surface area contributed by atoms with Crippen molar-refractivity contribution >= 4 is 21.6 Å². The van der Waals surface area contributed by atoms with Gasteiger partial charge in [0.1, 0.15) is 4.90 Å². The zero-order valence-electron chi connectivity index (χ0n) is 15.3. The molecule has 2 heterocycles. The SMILES string of the molecule is Cc1nn(C)c(C)c1S(=O)(=O)NCc1cccc(N2CCCCC2=O)c1. The number of benzene rings is 1. The van der Waals surface area contributed by atoms with E-state index in [2.05, 4.69) is 9.82 Å². The van der Waals surface area contributed by atoms with Crippen LogP contribution in [0.4, 0.5) is 5.69 Å². The van der Waals surface area contributed by atoms with Crippen molar-refractivity contribution in [2.45, 2.75) is 44.6 Å². The average molecular weight is 376 g/mol. The molecule has 140 valence electrons. The minimum absolute atomic E-state index is 0.121. The van der Waals surface area contributed by atoms with Gasteiger partial charge in [-0.2, -0.15) is 5.10 Å². The van der Waals surface area contributed by atoms with Gasteiger partial charge in [-0.25, -0.2) is 13.1 Å². The Balaban J connectivity index is 1.77. The number of hydrogen-bond donors (Lipinski definition) is 1. The molecule has 26 heavy (non-hydrogen) atoms. The Kier molecular flexibility index (Phi) is 5.15. The molecule has 0 spiro atoms.